The fraction of sp³-hybridized carbons (Fsp3) is 0. The van der Waals surface area contributed by atoms with Crippen LogP contribution >= 0.6 is 11.3 Å². The Kier molecular flexibility index (Phi) is 5.20. The number of amides is 1. The molecule has 0 aliphatic carbocycles. The first-order valence-electron chi connectivity index (χ1n) is 8.60. The summed E-state index contributed by atoms with van der Waals surface area (Å²) in [6.07, 6.45) is 1.55. The number of hydrogen-bond acceptors (Lipinski definition) is 5. The lowest BCUT2D eigenvalue weighted by Crippen LogP contribution is -2.12. The maximum Gasteiger partial charge on any atom is 0.294 e. The van der Waals surface area contributed by atoms with Crippen molar-refractivity contribution in [3.8, 4) is 16.3 Å². The van der Waals surface area contributed by atoms with Gasteiger partial charge in [-0.2, -0.15) is 13.5 Å². The molecular formula is C20H14FN3O4S2. The molecule has 0 radical (unpaired) electrons. The summed E-state index contributed by atoms with van der Waals surface area (Å²) in [6, 6.07) is 14.5. The fourth-order valence-corrected chi connectivity index (χ4v) is 3.97. The maximum atomic E-state index is 13.2. The molecule has 2 aromatic heterocycles. The van der Waals surface area contributed by atoms with E-state index >= 15 is 0 Å². The smallest absolute Gasteiger partial charge is 0.294 e. The number of carbonyl (C=O) groups is 1. The van der Waals surface area contributed by atoms with Crippen LogP contribution in [0.25, 0.3) is 16.3 Å². The Morgan fingerprint density at radius 3 is 2.37 bits per heavy atom. The molecule has 2 N–H and O–H groups in total. The molecule has 152 valence electrons. The van der Waals surface area contributed by atoms with E-state index in [0.29, 0.717) is 22.6 Å². The van der Waals surface area contributed by atoms with Crippen LogP contribution in [0, 0.1) is 5.82 Å². The van der Waals surface area contributed by atoms with Gasteiger partial charge < -0.3 is 5.32 Å². The number of thiophene rings is 1. The van der Waals surface area contributed by atoms with Crippen molar-refractivity contribution in [1.29, 1.82) is 0 Å². The maximum absolute atomic E-state index is 13.2. The summed E-state index contributed by atoms with van der Waals surface area (Å²) >= 11 is 1.42. The van der Waals surface area contributed by atoms with E-state index in [-0.39, 0.29) is 10.7 Å². The lowest BCUT2D eigenvalue weighted by Gasteiger charge is -2.05. The predicted molar refractivity (Wildman–Crippen MR) is 111 cm³/mol. The average Bonchev–Trinajstić information content (AvgIpc) is 3.38. The average molecular weight is 443 g/mol. The van der Waals surface area contributed by atoms with Crippen molar-refractivity contribution in [3.63, 3.8) is 0 Å². The Bertz CT molecular complexity index is 1300. The van der Waals surface area contributed by atoms with Gasteiger partial charge in [-0.3, -0.25) is 9.35 Å². The number of anilines is 1. The molecule has 7 nitrogen and oxygen atoms in total. The van der Waals surface area contributed by atoms with Crippen molar-refractivity contribution in [3.05, 3.63) is 83.6 Å². The van der Waals surface area contributed by atoms with E-state index in [1.165, 1.54) is 52.4 Å². The molecule has 1 amide bonds. The summed E-state index contributed by atoms with van der Waals surface area (Å²) in [4.78, 5) is 13.4. The van der Waals surface area contributed by atoms with Crippen molar-refractivity contribution >= 4 is 33.0 Å². The number of nitrogens with one attached hydrogen (secondary N) is 1. The lowest BCUT2D eigenvalue weighted by atomic mass is 10.2. The highest BCUT2D eigenvalue weighted by molar-refractivity contribution is 7.85. The highest BCUT2D eigenvalue weighted by Gasteiger charge is 2.20. The van der Waals surface area contributed by atoms with Crippen LogP contribution in [0.1, 0.15) is 10.4 Å². The minimum Gasteiger partial charge on any atom is -0.322 e. The Hall–Kier alpha value is -3.34. The minimum absolute atomic E-state index is 0.274. The number of benzene rings is 2. The van der Waals surface area contributed by atoms with Crippen LogP contribution in [0.2, 0.25) is 0 Å². The molecule has 0 aliphatic heterocycles. The second-order valence-electron chi connectivity index (χ2n) is 6.24. The summed E-state index contributed by atoms with van der Waals surface area (Å²) in [6.45, 7) is 0. The minimum atomic E-state index is -4.32. The van der Waals surface area contributed by atoms with Gasteiger partial charge in [0.2, 0.25) is 0 Å². The van der Waals surface area contributed by atoms with Gasteiger partial charge in [0.15, 0.2) is 0 Å². The largest absolute Gasteiger partial charge is 0.322 e. The number of carbonyl (C=O) groups excluding carboxylic acids is 1. The van der Waals surface area contributed by atoms with Crippen LogP contribution in [0.4, 0.5) is 10.1 Å². The molecule has 2 heterocycles. The molecule has 0 bridgehead atoms. The third-order valence-electron chi connectivity index (χ3n) is 4.21. The molecule has 30 heavy (non-hydrogen) atoms. The van der Waals surface area contributed by atoms with Gasteiger partial charge in [-0.1, -0.05) is 6.07 Å². The predicted octanol–water partition coefficient (Wildman–Crippen LogP) is 4.24. The van der Waals surface area contributed by atoms with Gasteiger partial charge in [-0.15, -0.1) is 11.3 Å². The van der Waals surface area contributed by atoms with Gasteiger partial charge in [0.25, 0.3) is 16.0 Å². The summed E-state index contributed by atoms with van der Waals surface area (Å²) in [5.74, 6) is -0.831. The highest BCUT2D eigenvalue weighted by atomic mass is 32.2. The molecule has 0 saturated carbocycles. The first-order valence-corrected chi connectivity index (χ1v) is 10.9. The van der Waals surface area contributed by atoms with Crippen molar-refractivity contribution < 1.29 is 22.2 Å². The zero-order chi connectivity index (χ0) is 21.3. The van der Waals surface area contributed by atoms with E-state index in [4.69, 9.17) is 4.55 Å². The molecule has 0 fully saturated rings. The van der Waals surface area contributed by atoms with Crippen LogP contribution in [0.3, 0.4) is 0 Å². The number of aromatic nitrogens is 2. The van der Waals surface area contributed by atoms with Crippen molar-refractivity contribution in [2.45, 2.75) is 4.90 Å². The van der Waals surface area contributed by atoms with Gasteiger partial charge >= 0.3 is 0 Å². The first-order chi connectivity index (χ1) is 14.3. The quantitative estimate of drug-likeness (QED) is 0.449. The van der Waals surface area contributed by atoms with E-state index in [0.717, 1.165) is 4.88 Å². The highest BCUT2D eigenvalue weighted by Crippen LogP contribution is 2.28. The van der Waals surface area contributed by atoms with Crippen LogP contribution in [-0.2, 0) is 10.1 Å². The molecule has 0 spiro atoms. The van der Waals surface area contributed by atoms with Crippen LogP contribution in [0.15, 0.2) is 77.1 Å². The van der Waals surface area contributed by atoms with Gasteiger partial charge in [0.05, 0.1) is 21.0 Å². The molecule has 2 aromatic carbocycles. The molecular weight excluding hydrogens is 429 g/mol. The third-order valence-corrected chi connectivity index (χ3v) is 5.96. The number of nitrogens with zero attached hydrogens (tertiary/aromatic N) is 2. The Morgan fingerprint density at radius 2 is 1.77 bits per heavy atom. The van der Waals surface area contributed by atoms with E-state index < -0.39 is 16.0 Å². The second kappa shape index (κ2) is 7.82. The van der Waals surface area contributed by atoms with Gasteiger partial charge in [-0.05, 0) is 60.0 Å². The number of halogens is 1. The monoisotopic (exact) mass is 443 g/mol. The molecule has 4 aromatic rings. The standard InChI is InChI=1S/C20H14FN3O4S2/c21-13-3-7-15(8-4-13)24-12-17(19(23-24)18-2-1-11-29-18)20(25)22-14-5-9-16(10-6-14)30(26,27)28/h1-12H,(H,22,25)(H,26,27,28). The molecule has 10 heteroatoms. The Labute approximate surface area is 175 Å². The summed E-state index contributed by atoms with van der Waals surface area (Å²) < 4.78 is 46.1. The van der Waals surface area contributed by atoms with E-state index in [1.807, 2.05) is 17.5 Å². The molecule has 4 rings (SSSR count). The summed E-state index contributed by atoms with van der Waals surface area (Å²) in [5, 5.41) is 9.05. The van der Waals surface area contributed by atoms with E-state index in [1.54, 1.807) is 18.3 Å². The summed E-state index contributed by atoms with van der Waals surface area (Å²) in [5.41, 5.74) is 1.69. The number of rotatable bonds is 5. The van der Waals surface area contributed by atoms with Crippen LogP contribution < -0.4 is 5.32 Å². The topological polar surface area (TPSA) is 101 Å². The van der Waals surface area contributed by atoms with E-state index in [2.05, 4.69) is 10.4 Å². The lowest BCUT2D eigenvalue weighted by molar-refractivity contribution is 0.102. The first kappa shape index (κ1) is 20.0. The fourth-order valence-electron chi connectivity index (χ4n) is 2.77. The Balaban J connectivity index is 1.68. The van der Waals surface area contributed by atoms with Crippen molar-refractivity contribution in [1.82, 2.24) is 9.78 Å². The number of hydrogen-bond donors (Lipinski definition) is 2. The molecule has 0 unspecified atom stereocenters. The van der Waals surface area contributed by atoms with Gasteiger partial charge in [-0.25, -0.2) is 9.07 Å². The van der Waals surface area contributed by atoms with Gasteiger partial charge in [0.1, 0.15) is 11.5 Å². The molecule has 0 aliphatic rings. The van der Waals surface area contributed by atoms with Crippen LogP contribution in [0.5, 0.6) is 0 Å². The van der Waals surface area contributed by atoms with Crippen molar-refractivity contribution in [2.75, 3.05) is 5.32 Å². The molecule has 0 saturated heterocycles. The third kappa shape index (κ3) is 4.15. The van der Waals surface area contributed by atoms with Crippen molar-refractivity contribution in [2.24, 2.45) is 0 Å². The normalized spacial score (nSPS) is 11.4. The SMILES string of the molecule is O=C(Nc1ccc(S(=O)(=O)O)cc1)c1cn(-c2ccc(F)cc2)nc1-c1cccs1. The van der Waals surface area contributed by atoms with E-state index in [9.17, 15) is 17.6 Å². The zero-order valence-electron chi connectivity index (χ0n) is 15.2. The van der Waals surface area contributed by atoms with Gasteiger partial charge in [0, 0.05) is 11.9 Å². The van der Waals surface area contributed by atoms with Crippen LogP contribution in [-0.4, -0.2) is 28.7 Å². The molecule has 0 atom stereocenters. The second-order valence-corrected chi connectivity index (χ2v) is 8.61. The zero-order valence-corrected chi connectivity index (χ0v) is 16.8. The Morgan fingerprint density at radius 1 is 1.07 bits per heavy atom. The summed E-state index contributed by atoms with van der Waals surface area (Å²) in [7, 11) is -4.32.